The fourth-order valence-corrected chi connectivity index (χ4v) is 2.44. The predicted octanol–water partition coefficient (Wildman–Crippen LogP) is 5.16. The van der Waals surface area contributed by atoms with Crippen molar-refractivity contribution in [1.82, 2.24) is 9.97 Å². The van der Waals surface area contributed by atoms with Crippen molar-refractivity contribution in [1.29, 1.82) is 0 Å². The molecule has 0 bridgehead atoms. The van der Waals surface area contributed by atoms with Crippen LogP contribution in [-0.2, 0) is 12.8 Å². The number of nitrogens with zero attached hydrogens (tertiary/aromatic N) is 2. The molecule has 2 heterocycles. The van der Waals surface area contributed by atoms with Crippen LogP contribution in [0.3, 0.4) is 0 Å². The molecule has 0 atom stereocenters. The fraction of sp³-hybridized carbons (Fsp3) is 0.300. The summed E-state index contributed by atoms with van der Waals surface area (Å²) in [6.45, 7) is 7.54. The van der Waals surface area contributed by atoms with Crippen molar-refractivity contribution in [2.75, 3.05) is 0 Å². The van der Waals surface area contributed by atoms with Crippen molar-refractivity contribution in [3.05, 3.63) is 73.1 Å². The van der Waals surface area contributed by atoms with Crippen molar-refractivity contribution in [3.8, 4) is 11.4 Å². The maximum absolute atomic E-state index is 4.48. The number of allylic oxidation sites excluding steroid dienone is 2. The van der Waals surface area contributed by atoms with E-state index in [2.05, 4.69) is 47.4 Å². The van der Waals surface area contributed by atoms with Crippen LogP contribution < -0.4 is 0 Å². The van der Waals surface area contributed by atoms with E-state index in [1.54, 1.807) is 0 Å². The summed E-state index contributed by atoms with van der Waals surface area (Å²) < 4.78 is 0. The highest BCUT2D eigenvalue weighted by atomic mass is 14.8. The van der Waals surface area contributed by atoms with Crippen LogP contribution in [0.5, 0.6) is 0 Å². The highest BCUT2D eigenvalue weighted by Crippen LogP contribution is 2.18. The Kier molecular flexibility index (Phi) is 6.56. The standard InChI is InChI=1S/C20H24N2/c1-3-5-7-9-17-11-13-21-19(15-17)20-16-18(12-14-22-20)10-8-6-4-2/h3-4,11-16H,1-2,5-10H2. The van der Waals surface area contributed by atoms with Crippen LogP contribution in [0.4, 0.5) is 0 Å². The molecular formula is C20H24N2. The summed E-state index contributed by atoms with van der Waals surface area (Å²) in [6, 6.07) is 8.47. The Balaban J connectivity index is 2.10. The number of unbranched alkanes of at least 4 members (excludes halogenated alkanes) is 2. The van der Waals surface area contributed by atoms with Crippen LogP contribution in [-0.4, -0.2) is 9.97 Å². The molecule has 0 unspecified atom stereocenters. The van der Waals surface area contributed by atoms with Gasteiger partial charge in [0.05, 0.1) is 11.4 Å². The van der Waals surface area contributed by atoms with Crippen LogP contribution in [0.1, 0.15) is 36.8 Å². The van der Waals surface area contributed by atoms with Crippen LogP contribution in [0, 0.1) is 0 Å². The molecule has 0 aliphatic carbocycles. The van der Waals surface area contributed by atoms with Crippen LogP contribution in [0.25, 0.3) is 11.4 Å². The lowest BCUT2D eigenvalue weighted by Crippen LogP contribution is -1.93. The van der Waals surface area contributed by atoms with Crippen LogP contribution >= 0.6 is 0 Å². The second-order valence-corrected chi connectivity index (χ2v) is 5.46. The molecule has 0 radical (unpaired) electrons. The van der Waals surface area contributed by atoms with Gasteiger partial charge in [-0.25, -0.2) is 0 Å². The van der Waals surface area contributed by atoms with E-state index < -0.39 is 0 Å². The minimum absolute atomic E-state index is 0.960. The van der Waals surface area contributed by atoms with Gasteiger partial charge < -0.3 is 0 Å². The first-order chi connectivity index (χ1) is 10.8. The third-order valence-electron chi connectivity index (χ3n) is 3.66. The largest absolute Gasteiger partial charge is 0.255 e. The molecule has 2 rings (SSSR count). The summed E-state index contributed by atoms with van der Waals surface area (Å²) in [4.78, 5) is 8.95. The Morgan fingerprint density at radius 3 is 1.64 bits per heavy atom. The van der Waals surface area contributed by atoms with Gasteiger partial charge in [-0.2, -0.15) is 0 Å². The molecule has 22 heavy (non-hydrogen) atoms. The van der Waals surface area contributed by atoms with Gasteiger partial charge in [-0.05, 0) is 73.9 Å². The van der Waals surface area contributed by atoms with Gasteiger partial charge in [-0.15, -0.1) is 13.2 Å². The van der Waals surface area contributed by atoms with E-state index in [0.29, 0.717) is 0 Å². The number of aryl methyl sites for hydroxylation is 2. The first-order valence-corrected chi connectivity index (χ1v) is 7.95. The smallest absolute Gasteiger partial charge is 0.0888 e. The minimum atomic E-state index is 0.960. The third kappa shape index (κ3) is 4.96. The highest BCUT2D eigenvalue weighted by molar-refractivity contribution is 5.55. The Hall–Kier alpha value is -2.22. The number of rotatable bonds is 9. The topological polar surface area (TPSA) is 25.8 Å². The molecule has 0 aliphatic rings. The maximum Gasteiger partial charge on any atom is 0.0888 e. The Labute approximate surface area is 133 Å². The quantitative estimate of drug-likeness (QED) is 0.471. The lowest BCUT2D eigenvalue weighted by molar-refractivity contribution is 0.840. The normalized spacial score (nSPS) is 10.4. The van der Waals surface area contributed by atoms with E-state index in [1.165, 1.54) is 11.1 Å². The summed E-state index contributed by atoms with van der Waals surface area (Å²) in [5, 5.41) is 0. The van der Waals surface area contributed by atoms with Crippen molar-refractivity contribution in [2.24, 2.45) is 0 Å². The van der Waals surface area contributed by atoms with Gasteiger partial charge in [0, 0.05) is 12.4 Å². The molecule has 2 heteroatoms. The number of hydrogen-bond acceptors (Lipinski definition) is 2. The molecule has 114 valence electrons. The molecule has 0 spiro atoms. The third-order valence-corrected chi connectivity index (χ3v) is 3.66. The monoisotopic (exact) mass is 292 g/mol. The molecule has 0 saturated carbocycles. The minimum Gasteiger partial charge on any atom is -0.255 e. The first-order valence-electron chi connectivity index (χ1n) is 7.95. The van der Waals surface area contributed by atoms with Gasteiger partial charge >= 0.3 is 0 Å². The van der Waals surface area contributed by atoms with Gasteiger partial charge in [0.1, 0.15) is 0 Å². The van der Waals surface area contributed by atoms with Gasteiger partial charge in [-0.1, -0.05) is 12.2 Å². The van der Waals surface area contributed by atoms with Gasteiger partial charge in [0.25, 0.3) is 0 Å². The Bertz CT molecular complexity index is 561. The highest BCUT2D eigenvalue weighted by Gasteiger charge is 2.04. The Morgan fingerprint density at radius 1 is 0.773 bits per heavy atom. The lowest BCUT2D eigenvalue weighted by atomic mass is 10.1. The fourth-order valence-electron chi connectivity index (χ4n) is 2.44. The summed E-state index contributed by atoms with van der Waals surface area (Å²) in [5.74, 6) is 0. The van der Waals surface area contributed by atoms with E-state index in [4.69, 9.17) is 0 Å². The average molecular weight is 292 g/mol. The van der Waals surface area contributed by atoms with E-state index in [0.717, 1.165) is 49.9 Å². The van der Waals surface area contributed by atoms with E-state index >= 15 is 0 Å². The van der Waals surface area contributed by atoms with Crippen molar-refractivity contribution >= 4 is 0 Å². The number of hydrogen-bond donors (Lipinski definition) is 0. The zero-order valence-electron chi connectivity index (χ0n) is 13.2. The summed E-state index contributed by atoms with van der Waals surface area (Å²) in [7, 11) is 0. The number of aromatic nitrogens is 2. The SMILES string of the molecule is C=CCCCc1ccnc(-c2cc(CCCC=C)ccn2)c1. The first kappa shape index (κ1) is 16.2. The lowest BCUT2D eigenvalue weighted by Gasteiger charge is -2.06. The van der Waals surface area contributed by atoms with E-state index in [-0.39, 0.29) is 0 Å². The zero-order chi connectivity index (χ0) is 15.6. The van der Waals surface area contributed by atoms with Gasteiger partial charge in [-0.3, -0.25) is 9.97 Å². The molecule has 2 nitrogen and oxygen atoms in total. The number of pyridine rings is 2. The van der Waals surface area contributed by atoms with E-state index in [9.17, 15) is 0 Å². The summed E-state index contributed by atoms with van der Waals surface area (Å²) in [6.07, 6.45) is 14.2. The van der Waals surface area contributed by atoms with Crippen molar-refractivity contribution in [3.63, 3.8) is 0 Å². The van der Waals surface area contributed by atoms with Crippen molar-refractivity contribution < 1.29 is 0 Å². The molecule has 2 aromatic heterocycles. The van der Waals surface area contributed by atoms with Gasteiger partial charge in [0.2, 0.25) is 0 Å². The molecular weight excluding hydrogens is 268 g/mol. The molecule has 0 aromatic carbocycles. The Morgan fingerprint density at radius 2 is 1.23 bits per heavy atom. The van der Waals surface area contributed by atoms with Gasteiger partial charge in [0.15, 0.2) is 0 Å². The van der Waals surface area contributed by atoms with E-state index in [1.807, 2.05) is 24.5 Å². The molecule has 0 amide bonds. The van der Waals surface area contributed by atoms with Crippen LogP contribution in [0.15, 0.2) is 62.0 Å². The zero-order valence-corrected chi connectivity index (χ0v) is 13.2. The van der Waals surface area contributed by atoms with Crippen LogP contribution in [0.2, 0.25) is 0 Å². The second kappa shape index (κ2) is 8.93. The maximum atomic E-state index is 4.48. The molecule has 2 aromatic rings. The average Bonchev–Trinajstić information content (AvgIpc) is 2.56. The predicted molar refractivity (Wildman–Crippen MR) is 93.7 cm³/mol. The summed E-state index contributed by atoms with van der Waals surface area (Å²) in [5.41, 5.74) is 4.54. The molecule has 0 aliphatic heterocycles. The molecule has 0 saturated heterocycles. The van der Waals surface area contributed by atoms with Crippen molar-refractivity contribution in [2.45, 2.75) is 38.5 Å². The second-order valence-electron chi connectivity index (χ2n) is 5.46. The molecule has 0 fully saturated rings. The molecule has 0 N–H and O–H groups in total. The summed E-state index contributed by atoms with van der Waals surface area (Å²) >= 11 is 0.